The van der Waals surface area contributed by atoms with Crippen molar-refractivity contribution in [1.82, 2.24) is 0 Å². The number of nitrogens with one attached hydrogen (secondary N) is 1. The topological polar surface area (TPSA) is 60.7 Å². The lowest BCUT2D eigenvalue weighted by Gasteiger charge is -2.10. The number of benzene rings is 2. The van der Waals surface area contributed by atoms with Crippen LogP contribution in [-0.2, 0) is 6.61 Å². The van der Waals surface area contributed by atoms with Gasteiger partial charge in [0.2, 0.25) is 0 Å². The third-order valence-electron chi connectivity index (χ3n) is 3.52. The van der Waals surface area contributed by atoms with Crippen molar-refractivity contribution in [2.45, 2.75) is 13.5 Å². The number of furan rings is 1. The highest BCUT2D eigenvalue weighted by Gasteiger charge is 2.14. The number of hydrogen-bond acceptors (Lipinski definition) is 4. The quantitative estimate of drug-likeness (QED) is 0.670. The zero-order valence-corrected chi connectivity index (χ0v) is 14.2. The maximum atomic E-state index is 12.9. The molecule has 0 atom stereocenters. The van der Waals surface area contributed by atoms with Gasteiger partial charge in [0.1, 0.15) is 29.7 Å². The minimum atomic E-state index is -0.384. The molecule has 1 N–H and O–H groups in total. The molecule has 0 fully saturated rings. The van der Waals surface area contributed by atoms with Gasteiger partial charge in [-0.25, -0.2) is 4.39 Å². The average Bonchev–Trinajstić information content (AvgIpc) is 3.12. The molecular formula is C20H18FNO4. The van der Waals surface area contributed by atoms with Crippen molar-refractivity contribution in [2.75, 3.05) is 11.9 Å². The third-order valence-corrected chi connectivity index (χ3v) is 3.52. The van der Waals surface area contributed by atoms with E-state index in [1.54, 1.807) is 24.3 Å². The van der Waals surface area contributed by atoms with Gasteiger partial charge in [-0.3, -0.25) is 4.79 Å². The smallest absolute Gasteiger partial charge is 0.291 e. The summed E-state index contributed by atoms with van der Waals surface area (Å²) in [7, 11) is 0. The normalized spacial score (nSPS) is 10.4. The van der Waals surface area contributed by atoms with Crippen LogP contribution in [0.15, 0.2) is 65.1 Å². The third kappa shape index (κ3) is 4.42. The molecule has 0 saturated heterocycles. The second-order valence-corrected chi connectivity index (χ2v) is 5.39. The molecule has 1 amide bonds. The summed E-state index contributed by atoms with van der Waals surface area (Å²) in [6.45, 7) is 2.51. The van der Waals surface area contributed by atoms with Crippen molar-refractivity contribution in [3.05, 3.63) is 78.0 Å². The maximum absolute atomic E-state index is 12.9. The minimum Gasteiger partial charge on any atom is -0.492 e. The summed E-state index contributed by atoms with van der Waals surface area (Å²) in [5.41, 5.74) is 0.569. The monoisotopic (exact) mass is 355 g/mol. The zero-order chi connectivity index (χ0) is 18.4. The summed E-state index contributed by atoms with van der Waals surface area (Å²) < 4.78 is 29.4. The van der Waals surface area contributed by atoms with Gasteiger partial charge >= 0.3 is 0 Å². The Morgan fingerprint density at radius 1 is 1.04 bits per heavy atom. The van der Waals surface area contributed by atoms with Crippen LogP contribution in [0.3, 0.4) is 0 Å². The first-order valence-corrected chi connectivity index (χ1v) is 8.16. The fourth-order valence-electron chi connectivity index (χ4n) is 2.30. The molecule has 1 aromatic heterocycles. The molecule has 0 unspecified atom stereocenters. The molecule has 3 rings (SSSR count). The van der Waals surface area contributed by atoms with E-state index in [1.807, 2.05) is 19.1 Å². The number of halogens is 1. The predicted octanol–water partition coefficient (Wildman–Crippen LogP) is 4.65. The molecule has 3 aromatic rings. The molecule has 5 nitrogen and oxygen atoms in total. The number of anilines is 1. The van der Waals surface area contributed by atoms with Crippen LogP contribution >= 0.6 is 0 Å². The summed E-state index contributed by atoms with van der Waals surface area (Å²) in [6, 6.07) is 16.1. The highest BCUT2D eigenvalue weighted by atomic mass is 19.1. The van der Waals surface area contributed by atoms with E-state index in [4.69, 9.17) is 13.9 Å². The van der Waals surface area contributed by atoms with E-state index in [0.717, 1.165) is 0 Å². The van der Waals surface area contributed by atoms with Crippen LogP contribution in [0.5, 0.6) is 11.5 Å². The van der Waals surface area contributed by atoms with E-state index >= 15 is 0 Å². The lowest BCUT2D eigenvalue weighted by Crippen LogP contribution is -2.12. The van der Waals surface area contributed by atoms with Gasteiger partial charge in [-0.15, -0.1) is 0 Å². The Balaban J connectivity index is 1.62. The molecule has 0 aliphatic heterocycles. The molecule has 0 radical (unpaired) electrons. The molecule has 2 aromatic carbocycles. The van der Waals surface area contributed by atoms with Gasteiger partial charge in [0.05, 0.1) is 12.3 Å². The molecule has 134 valence electrons. The van der Waals surface area contributed by atoms with Gasteiger partial charge in [-0.05, 0) is 55.5 Å². The van der Waals surface area contributed by atoms with Gasteiger partial charge in [0, 0.05) is 0 Å². The standard InChI is InChI=1S/C20H18FNO4/c1-2-24-18-6-4-3-5-17(18)22-20(23)19-12-11-16(26-19)13-25-15-9-7-14(21)8-10-15/h3-12H,2,13H2,1H3,(H,22,23). The van der Waals surface area contributed by atoms with E-state index in [1.165, 1.54) is 24.3 Å². The van der Waals surface area contributed by atoms with Crippen LogP contribution < -0.4 is 14.8 Å². The summed E-state index contributed by atoms with van der Waals surface area (Å²) in [5.74, 6) is 1.03. The first-order valence-electron chi connectivity index (χ1n) is 8.16. The summed E-state index contributed by atoms with van der Waals surface area (Å²) in [5, 5.41) is 2.76. The van der Waals surface area contributed by atoms with Crippen LogP contribution in [-0.4, -0.2) is 12.5 Å². The molecule has 0 saturated carbocycles. The number of para-hydroxylation sites is 2. The van der Waals surface area contributed by atoms with Crippen LogP contribution in [0.1, 0.15) is 23.2 Å². The molecule has 0 aliphatic carbocycles. The van der Waals surface area contributed by atoms with Crippen molar-refractivity contribution in [3.63, 3.8) is 0 Å². The van der Waals surface area contributed by atoms with E-state index in [0.29, 0.717) is 29.6 Å². The van der Waals surface area contributed by atoms with Crippen LogP contribution in [0, 0.1) is 5.82 Å². The Bertz CT molecular complexity index is 874. The van der Waals surface area contributed by atoms with Gasteiger partial charge in [-0.2, -0.15) is 0 Å². The van der Waals surface area contributed by atoms with E-state index in [-0.39, 0.29) is 24.1 Å². The second kappa shape index (κ2) is 8.20. The average molecular weight is 355 g/mol. The fourth-order valence-corrected chi connectivity index (χ4v) is 2.30. The highest BCUT2D eigenvalue weighted by molar-refractivity contribution is 6.03. The van der Waals surface area contributed by atoms with E-state index in [2.05, 4.69) is 5.32 Å². The number of carbonyl (C=O) groups is 1. The Morgan fingerprint density at radius 3 is 2.58 bits per heavy atom. The lowest BCUT2D eigenvalue weighted by molar-refractivity contribution is 0.0992. The Labute approximate surface area is 150 Å². The number of rotatable bonds is 7. The van der Waals surface area contributed by atoms with Crippen molar-refractivity contribution >= 4 is 11.6 Å². The number of hydrogen-bond donors (Lipinski definition) is 1. The zero-order valence-electron chi connectivity index (χ0n) is 14.2. The lowest BCUT2D eigenvalue weighted by atomic mass is 10.3. The molecule has 0 aliphatic rings. The van der Waals surface area contributed by atoms with E-state index < -0.39 is 0 Å². The summed E-state index contributed by atoms with van der Waals surface area (Å²) >= 11 is 0. The van der Waals surface area contributed by atoms with Crippen molar-refractivity contribution in [1.29, 1.82) is 0 Å². The highest BCUT2D eigenvalue weighted by Crippen LogP contribution is 2.24. The first-order chi connectivity index (χ1) is 12.7. The number of amides is 1. The largest absolute Gasteiger partial charge is 0.492 e. The second-order valence-electron chi connectivity index (χ2n) is 5.39. The van der Waals surface area contributed by atoms with Crippen molar-refractivity contribution < 1.29 is 23.1 Å². The van der Waals surface area contributed by atoms with Crippen LogP contribution in [0.25, 0.3) is 0 Å². The fraction of sp³-hybridized carbons (Fsp3) is 0.150. The predicted molar refractivity (Wildman–Crippen MR) is 95.0 cm³/mol. The van der Waals surface area contributed by atoms with Crippen LogP contribution in [0.4, 0.5) is 10.1 Å². The van der Waals surface area contributed by atoms with Crippen molar-refractivity contribution in [3.8, 4) is 11.5 Å². The molecular weight excluding hydrogens is 337 g/mol. The minimum absolute atomic E-state index is 0.133. The van der Waals surface area contributed by atoms with Gasteiger partial charge in [0.15, 0.2) is 5.76 Å². The van der Waals surface area contributed by atoms with Gasteiger partial charge in [0.25, 0.3) is 5.91 Å². The summed E-state index contributed by atoms with van der Waals surface area (Å²) in [4.78, 5) is 12.4. The molecule has 0 bridgehead atoms. The van der Waals surface area contributed by atoms with Crippen LogP contribution in [0.2, 0.25) is 0 Å². The Hall–Kier alpha value is -3.28. The molecule has 1 heterocycles. The molecule has 26 heavy (non-hydrogen) atoms. The molecule has 0 spiro atoms. The van der Waals surface area contributed by atoms with Gasteiger partial charge < -0.3 is 19.2 Å². The SMILES string of the molecule is CCOc1ccccc1NC(=O)c1ccc(COc2ccc(F)cc2)o1. The van der Waals surface area contributed by atoms with Gasteiger partial charge in [-0.1, -0.05) is 12.1 Å². The van der Waals surface area contributed by atoms with E-state index in [9.17, 15) is 9.18 Å². The number of carbonyl (C=O) groups excluding carboxylic acids is 1. The first kappa shape index (κ1) is 17.5. The van der Waals surface area contributed by atoms with Crippen molar-refractivity contribution in [2.24, 2.45) is 0 Å². The Morgan fingerprint density at radius 2 is 1.81 bits per heavy atom. The molecule has 6 heteroatoms. The number of ether oxygens (including phenoxy) is 2. The maximum Gasteiger partial charge on any atom is 0.291 e. The Kier molecular flexibility index (Phi) is 5.53. The summed E-state index contributed by atoms with van der Waals surface area (Å²) in [6.07, 6.45) is 0.